The first-order valence-corrected chi connectivity index (χ1v) is 7.70. The average molecular weight is 361 g/mol. The van der Waals surface area contributed by atoms with Crippen LogP contribution in [0.3, 0.4) is 0 Å². The van der Waals surface area contributed by atoms with Gasteiger partial charge >= 0.3 is 6.18 Å². The lowest BCUT2D eigenvalue weighted by Gasteiger charge is -2.10. The Balaban J connectivity index is 2.05. The molecule has 0 amide bonds. The zero-order chi connectivity index (χ0) is 17.8. The number of nitrogens with zero attached hydrogens (tertiary/aromatic N) is 1. The van der Waals surface area contributed by atoms with Crippen molar-refractivity contribution in [1.29, 1.82) is 0 Å². The quantitative estimate of drug-likeness (QED) is 0.489. The number of alkyl halides is 3. The van der Waals surface area contributed by atoms with Crippen molar-refractivity contribution in [2.45, 2.75) is 6.18 Å². The molecule has 4 rings (SSSR count). The number of hydrogen-bond donors (Lipinski definition) is 2. The monoisotopic (exact) mass is 361 g/mol. The summed E-state index contributed by atoms with van der Waals surface area (Å²) in [7, 11) is 0. The summed E-state index contributed by atoms with van der Waals surface area (Å²) in [6, 6.07) is 11.8. The molecule has 0 aliphatic heterocycles. The third kappa shape index (κ3) is 2.45. The highest BCUT2D eigenvalue weighted by atomic mass is 32.1. The van der Waals surface area contributed by atoms with Crippen molar-refractivity contribution in [3.63, 3.8) is 0 Å². The minimum atomic E-state index is -4.50. The highest BCUT2D eigenvalue weighted by molar-refractivity contribution is 7.71. The highest BCUT2D eigenvalue weighted by Gasteiger charge is 2.30. The fourth-order valence-electron chi connectivity index (χ4n) is 2.85. The SMILES string of the molecule is O=c1c2[nH]c3ccccc3c2[nH]c(=S)n1-c1cccc(C(F)(F)F)c1. The Hall–Kier alpha value is -2.87. The predicted octanol–water partition coefficient (Wildman–Crippen LogP) is 4.55. The molecule has 126 valence electrons. The van der Waals surface area contributed by atoms with Gasteiger partial charge in [0.2, 0.25) is 0 Å². The van der Waals surface area contributed by atoms with Crippen LogP contribution in [-0.4, -0.2) is 14.5 Å². The van der Waals surface area contributed by atoms with Gasteiger partial charge in [0.1, 0.15) is 5.52 Å². The summed E-state index contributed by atoms with van der Waals surface area (Å²) in [5.41, 5.74) is 0.238. The van der Waals surface area contributed by atoms with Crippen molar-refractivity contribution in [2.75, 3.05) is 0 Å². The maximum absolute atomic E-state index is 12.9. The van der Waals surface area contributed by atoms with Crippen molar-refractivity contribution in [1.82, 2.24) is 14.5 Å². The molecule has 2 aromatic heterocycles. The number of H-pyrrole nitrogens is 2. The molecule has 8 heteroatoms. The van der Waals surface area contributed by atoms with Gasteiger partial charge < -0.3 is 9.97 Å². The van der Waals surface area contributed by atoms with E-state index < -0.39 is 17.3 Å². The Labute approximate surface area is 143 Å². The minimum absolute atomic E-state index is 0.0292. The number of halogens is 3. The van der Waals surface area contributed by atoms with Crippen LogP contribution in [-0.2, 0) is 6.18 Å². The van der Waals surface area contributed by atoms with Gasteiger partial charge in [0.25, 0.3) is 5.56 Å². The first kappa shape index (κ1) is 15.6. The Bertz CT molecular complexity index is 1230. The molecule has 25 heavy (non-hydrogen) atoms. The van der Waals surface area contributed by atoms with E-state index in [1.807, 2.05) is 18.2 Å². The van der Waals surface area contributed by atoms with E-state index in [2.05, 4.69) is 9.97 Å². The van der Waals surface area contributed by atoms with Crippen LogP contribution in [0.2, 0.25) is 0 Å². The van der Waals surface area contributed by atoms with Crippen molar-refractivity contribution in [2.24, 2.45) is 0 Å². The Morgan fingerprint density at radius 3 is 2.48 bits per heavy atom. The summed E-state index contributed by atoms with van der Waals surface area (Å²) < 4.78 is 39.9. The number of benzene rings is 2. The first-order chi connectivity index (χ1) is 11.9. The van der Waals surface area contributed by atoms with Crippen LogP contribution >= 0.6 is 12.2 Å². The third-order valence-corrected chi connectivity index (χ3v) is 4.27. The van der Waals surface area contributed by atoms with Crippen LogP contribution in [0.15, 0.2) is 53.3 Å². The standard InChI is InChI=1S/C17H10F3N3OS/c18-17(19,20)9-4-3-5-10(8-9)23-15(24)14-13(22-16(23)25)11-6-1-2-7-12(11)21-14/h1-8,21H,(H,22,25). The molecular weight excluding hydrogens is 351 g/mol. The molecule has 0 saturated carbocycles. The van der Waals surface area contributed by atoms with Crippen LogP contribution in [0, 0.1) is 4.77 Å². The van der Waals surface area contributed by atoms with Crippen molar-refractivity contribution in [3.8, 4) is 5.69 Å². The summed E-state index contributed by atoms with van der Waals surface area (Å²) in [5, 5.41) is 0.789. The molecular formula is C17H10F3N3OS. The number of para-hydroxylation sites is 1. The van der Waals surface area contributed by atoms with Crippen molar-refractivity contribution < 1.29 is 13.2 Å². The van der Waals surface area contributed by atoms with E-state index in [0.717, 1.165) is 27.6 Å². The van der Waals surface area contributed by atoms with E-state index in [9.17, 15) is 18.0 Å². The van der Waals surface area contributed by atoms with E-state index in [1.165, 1.54) is 12.1 Å². The molecule has 0 unspecified atom stereocenters. The molecule has 0 aliphatic carbocycles. The fraction of sp³-hybridized carbons (Fsp3) is 0.0588. The van der Waals surface area contributed by atoms with E-state index in [4.69, 9.17) is 12.2 Å². The van der Waals surface area contributed by atoms with Gasteiger partial charge in [-0.15, -0.1) is 0 Å². The summed E-state index contributed by atoms with van der Waals surface area (Å²) in [4.78, 5) is 18.8. The largest absolute Gasteiger partial charge is 0.416 e. The highest BCUT2D eigenvalue weighted by Crippen LogP contribution is 2.30. The van der Waals surface area contributed by atoms with Gasteiger partial charge in [-0.05, 0) is 36.5 Å². The first-order valence-electron chi connectivity index (χ1n) is 7.29. The maximum atomic E-state index is 12.9. The topological polar surface area (TPSA) is 53.6 Å². The smallest absolute Gasteiger partial charge is 0.349 e. The van der Waals surface area contributed by atoms with E-state index in [0.29, 0.717) is 5.52 Å². The van der Waals surface area contributed by atoms with Crippen molar-refractivity contribution in [3.05, 3.63) is 69.2 Å². The lowest BCUT2D eigenvalue weighted by molar-refractivity contribution is -0.137. The maximum Gasteiger partial charge on any atom is 0.416 e. The second-order valence-corrected chi connectivity index (χ2v) is 5.93. The van der Waals surface area contributed by atoms with E-state index >= 15 is 0 Å². The van der Waals surface area contributed by atoms with Gasteiger partial charge in [0.15, 0.2) is 4.77 Å². The molecule has 0 saturated heterocycles. The fourth-order valence-corrected chi connectivity index (χ4v) is 3.15. The second-order valence-electron chi connectivity index (χ2n) is 5.54. The minimum Gasteiger partial charge on any atom is -0.349 e. The Morgan fingerprint density at radius 2 is 1.72 bits per heavy atom. The van der Waals surface area contributed by atoms with Gasteiger partial charge in [-0.2, -0.15) is 13.2 Å². The zero-order valence-electron chi connectivity index (χ0n) is 12.5. The number of fused-ring (bicyclic) bond motifs is 3. The van der Waals surface area contributed by atoms with Crippen LogP contribution in [0.1, 0.15) is 5.56 Å². The Morgan fingerprint density at radius 1 is 0.960 bits per heavy atom. The van der Waals surface area contributed by atoms with Crippen LogP contribution < -0.4 is 5.56 Å². The molecule has 0 radical (unpaired) electrons. The lowest BCUT2D eigenvalue weighted by Crippen LogP contribution is -2.21. The predicted molar refractivity (Wildman–Crippen MR) is 91.6 cm³/mol. The molecule has 4 nitrogen and oxygen atoms in total. The van der Waals surface area contributed by atoms with Gasteiger partial charge in [-0.25, -0.2) is 0 Å². The van der Waals surface area contributed by atoms with E-state index in [1.54, 1.807) is 6.07 Å². The molecule has 2 heterocycles. The zero-order valence-corrected chi connectivity index (χ0v) is 13.3. The molecule has 2 aromatic carbocycles. The molecule has 0 fully saturated rings. The van der Waals surface area contributed by atoms with Gasteiger partial charge in [-0.1, -0.05) is 24.3 Å². The molecule has 0 atom stereocenters. The van der Waals surface area contributed by atoms with E-state index in [-0.39, 0.29) is 16.0 Å². The lowest BCUT2D eigenvalue weighted by atomic mass is 10.2. The summed E-state index contributed by atoms with van der Waals surface area (Å²) in [5.74, 6) is 0. The number of aromatic amines is 2. The van der Waals surface area contributed by atoms with Crippen molar-refractivity contribution >= 4 is 34.2 Å². The number of aromatic nitrogens is 3. The molecule has 0 aliphatic rings. The molecule has 2 N–H and O–H groups in total. The van der Waals surface area contributed by atoms with Gasteiger partial charge in [-0.3, -0.25) is 9.36 Å². The van der Waals surface area contributed by atoms with Gasteiger partial charge in [0, 0.05) is 10.9 Å². The summed E-state index contributed by atoms with van der Waals surface area (Å²) in [6.45, 7) is 0. The summed E-state index contributed by atoms with van der Waals surface area (Å²) >= 11 is 5.23. The number of rotatable bonds is 1. The van der Waals surface area contributed by atoms with Crippen LogP contribution in [0.25, 0.3) is 27.6 Å². The molecule has 0 spiro atoms. The second kappa shape index (κ2) is 5.32. The molecule has 4 aromatic rings. The summed E-state index contributed by atoms with van der Waals surface area (Å²) in [6.07, 6.45) is -4.50. The normalized spacial score (nSPS) is 12.1. The molecule has 0 bridgehead atoms. The average Bonchev–Trinajstić information content (AvgIpc) is 2.94. The third-order valence-electron chi connectivity index (χ3n) is 3.99. The van der Waals surface area contributed by atoms with Gasteiger partial charge in [0.05, 0.1) is 16.8 Å². The Kier molecular flexibility index (Phi) is 3.33. The number of nitrogens with one attached hydrogen (secondary N) is 2. The van der Waals surface area contributed by atoms with Crippen LogP contribution in [0.5, 0.6) is 0 Å². The van der Waals surface area contributed by atoms with Crippen LogP contribution in [0.4, 0.5) is 13.2 Å². The number of hydrogen-bond acceptors (Lipinski definition) is 2.